The lowest BCUT2D eigenvalue weighted by atomic mass is 10.1. The van der Waals surface area contributed by atoms with Crippen molar-refractivity contribution < 1.29 is 14.3 Å². The van der Waals surface area contributed by atoms with E-state index >= 15 is 0 Å². The predicted molar refractivity (Wildman–Crippen MR) is 79.9 cm³/mol. The van der Waals surface area contributed by atoms with Gasteiger partial charge in [-0.3, -0.25) is 0 Å². The Kier molecular flexibility index (Phi) is 7.09. The highest BCUT2D eigenvalue weighted by molar-refractivity contribution is 5.74. The second kappa shape index (κ2) is 8.59. The molecule has 1 rings (SSSR count). The van der Waals surface area contributed by atoms with Crippen LogP contribution in [0.15, 0.2) is 24.3 Å². The quantitative estimate of drug-likeness (QED) is 0.743. The standard InChI is InChI=1S/C16H25NO3/c1-5-11-17-12(3)14-7-9-15(10-8-14)20-13(4)16(18)19-6-2/h7-10,12-13,17H,5-6,11H2,1-4H3. The molecule has 2 unspecified atom stereocenters. The van der Waals surface area contributed by atoms with Crippen LogP contribution in [0.1, 0.15) is 45.7 Å². The summed E-state index contributed by atoms with van der Waals surface area (Å²) in [4.78, 5) is 11.5. The van der Waals surface area contributed by atoms with E-state index in [2.05, 4.69) is 19.2 Å². The summed E-state index contributed by atoms with van der Waals surface area (Å²) in [5.41, 5.74) is 1.20. The van der Waals surface area contributed by atoms with Crippen molar-refractivity contribution in [3.05, 3.63) is 29.8 Å². The fourth-order valence-corrected chi connectivity index (χ4v) is 1.83. The number of carbonyl (C=O) groups excluding carboxylic acids is 1. The molecule has 0 aromatic heterocycles. The summed E-state index contributed by atoms with van der Waals surface area (Å²) in [6, 6.07) is 8.11. The van der Waals surface area contributed by atoms with E-state index in [1.165, 1.54) is 5.56 Å². The Labute approximate surface area is 121 Å². The van der Waals surface area contributed by atoms with Gasteiger partial charge in [0.15, 0.2) is 6.10 Å². The molecular weight excluding hydrogens is 254 g/mol. The monoisotopic (exact) mass is 279 g/mol. The van der Waals surface area contributed by atoms with Crippen molar-refractivity contribution in [1.29, 1.82) is 0 Å². The molecule has 4 heteroatoms. The highest BCUT2D eigenvalue weighted by Crippen LogP contribution is 2.18. The van der Waals surface area contributed by atoms with Crippen LogP contribution >= 0.6 is 0 Å². The molecule has 1 aromatic carbocycles. The van der Waals surface area contributed by atoms with Gasteiger partial charge >= 0.3 is 5.97 Å². The van der Waals surface area contributed by atoms with E-state index in [4.69, 9.17) is 9.47 Å². The van der Waals surface area contributed by atoms with Crippen molar-refractivity contribution in [3.63, 3.8) is 0 Å². The lowest BCUT2D eigenvalue weighted by molar-refractivity contribution is -0.150. The first kappa shape index (κ1) is 16.5. The molecule has 0 heterocycles. The summed E-state index contributed by atoms with van der Waals surface area (Å²) in [6.45, 7) is 9.12. The molecule has 4 nitrogen and oxygen atoms in total. The Hall–Kier alpha value is -1.55. The van der Waals surface area contributed by atoms with E-state index in [9.17, 15) is 4.79 Å². The molecule has 0 aliphatic heterocycles. The number of esters is 1. The number of hydrogen-bond acceptors (Lipinski definition) is 4. The van der Waals surface area contributed by atoms with Crippen LogP contribution in [0.5, 0.6) is 5.75 Å². The van der Waals surface area contributed by atoms with Gasteiger partial charge < -0.3 is 14.8 Å². The van der Waals surface area contributed by atoms with Gasteiger partial charge in [0.2, 0.25) is 0 Å². The minimum atomic E-state index is -0.587. The average Bonchev–Trinajstić information content (AvgIpc) is 2.45. The summed E-state index contributed by atoms with van der Waals surface area (Å²) in [6.07, 6.45) is 0.527. The number of ether oxygens (including phenoxy) is 2. The van der Waals surface area contributed by atoms with Crippen LogP contribution in [-0.4, -0.2) is 25.2 Å². The smallest absolute Gasteiger partial charge is 0.347 e. The van der Waals surface area contributed by atoms with Crippen LogP contribution in [0.2, 0.25) is 0 Å². The highest BCUT2D eigenvalue weighted by atomic mass is 16.6. The van der Waals surface area contributed by atoms with Gasteiger partial charge in [0.05, 0.1) is 6.61 Å². The molecule has 1 aromatic rings. The molecule has 0 aliphatic rings. The zero-order valence-electron chi connectivity index (χ0n) is 12.8. The van der Waals surface area contributed by atoms with Crippen LogP contribution < -0.4 is 10.1 Å². The van der Waals surface area contributed by atoms with E-state index in [-0.39, 0.29) is 5.97 Å². The molecule has 0 amide bonds. The highest BCUT2D eigenvalue weighted by Gasteiger charge is 2.15. The molecule has 20 heavy (non-hydrogen) atoms. The summed E-state index contributed by atoms with van der Waals surface area (Å²) in [5.74, 6) is 0.339. The van der Waals surface area contributed by atoms with Gasteiger partial charge in [0.25, 0.3) is 0 Å². The maximum atomic E-state index is 11.5. The first-order chi connectivity index (χ1) is 9.58. The van der Waals surface area contributed by atoms with Gasteiger partial charge in [-0.1, -0.05) is 19.1 Å². The average molecular weight is 279 g/mol. The first-order valence-electron chi connectivity index (χ1n) is 7.25. The molecule has 0 aliphatic carbocycles. The lowest BCUT2D eigenvalue weighted by Crippen LogP contribution is -2.26. The molecule has 112 valence electrons. The molecule has 2 atom stereocenters. The van der Waals surface area contributed by atoms with Crippen LogP contribution in [-0.2, 0) is 9.53 Å². The maximum Gasteiger partial charge on any atom is 0.347 e. The van der Waals surface area contributed by atoms with Crippen molar-refractivity contribution in [2.75, 3.05) is 13.2 Å². The van der Waals surface area contributed by atoms with Crippen LogP contribution in [0, 0.1) is 0 Å². The second-order valence-corrected chi connectivity index (χ2v) is 4.76. The maximum absolute atomic E-state index is 11.5. The number of hydrogen-bond donors (Lipinski definition) is 1. The Morgan fingerprint density at radius 3 is 2.40 bits per heavy atom. The van der Waals surface area contributed by atoms with Crippen LogP contribution in [0.3, 0.4) is 0 Å². The van der Waals surface area contributed by atoms with E-state index < -0.39 is 6.10 Å². The number of benzene rings is 1. The summed E-state index contributed by atoms with van der Waals surface area (Å²) in [5, 5.41) is 3.43. The Bertz CT molecular complexity index is 403. The van der Waals surface area contributed by atoms with Crippen molar-refractivity contribution in [2.45, 2.75) is 46.3 Å². The van der Waals surface area contributed by atoms with Gasteiger partial charge in [-0.2, -0.15) is 0 Å². The Morgan fingerprint density at radius 1 is 1.20 bits per heavy atom. The third kappa shape index (κ3) is 5.21. The summed E-state index contributed by atoms with van der Waals surface area (Å²) in [7, 11) is 0. The van der Waals surface area contributed by atoms with Crippen molar-refractivity contribution in [3.8, 4) is 5.75 Å². The van der Waals surface area contributed by atoms with Crippen molar-refractivity contribution >= 4 is 5.97 Å². The zero-order chi connectivity index (χ0) is 15.0. The molecule has 0 fully saturated rings. The normalized spacial score (nSPS) is 13.6. The van der Waals surface area contributed by atoms with Crippen LogP contribution in [0.25, 0.3) is 0 Å². The fraction of sp³-hybridized carbons (Fsp3) is 0.562. The number of rotatable bonds is 8. The van der Waals surface area contributed by atoms with Gasteiger partial charge in [-0.15, -0.1) is 0 Å². The predicted octanol–water partition coefficient (Wildman–Crippen LogP) is 3.08. The van der Waals surface area contributed by atoms with Gasteiger partial charge in [0, 0.05) is 6.04 Å². The Balaban J connectivity index is 2.55. The SMILES string of the molecule is CCCNC(C)c1ccc(OC(C)C(=O)OCC)cc1. The van der Waals surface area contributed by atoms with Gasteiger partial charge in [-0.05, 0) is 51.4 Å². The zero-order valence-corrected chi connectivity index (χ0v) is 12.8. The molecule has 0 spiro atoms. The molecule has 0 saturated heterocycles. The topological polar surface area (TPSA) is 47.6 Å². The molecule has 0 radical (unpaired) electrons. The lowest BCUT2D eigenvalue weighted by Gasteiger charge is -2.16. The van der Waals surface area contributed by atoms with E-state index in [1.807, 2.05) is 24.3 Å². The molecule has 0 bridgehead atoms. The second-order valence-electron chi connectivity index (χ2n) is 4.76. The van der Waals surface area contributed by atoms with E-state index in [1.54, 1.807) is 13.8 Å². The van der Waals surface area contributed by atoms with Crippen LogP contribution in [0.4, 0.5) is 0 Å². The molecule has 0 saturated carbocycles. The minimum absolute atomic E-state index is 0.312. The number of nitrogens with one attached hydrogen (secondary N) is 1. The van der Waals surface area contributed by atoms with E-state index in [0.29, 0.717) is 18.4 Å². The number of carbonyl (C=O) groups is 1. The molecular formula is C16H25NO3. The van der Waals surface area contributed by atoms with Crippen molar-refractivity contribution in [2.24, 2.45) is 0 Å². The third-order valence-electron chi connectivity index (χ3n) is 3.01. The fourth-order valence-electron chi connectivity index (χ4n) is 1.83. The summed E-state index contributed by atoms with van der Waals surface area (Å²) < 4.78 is 10.5. The first-order valence-corrected chi connectivity index (χ1v) is 7.25. The molecule has 1 N–H and O–H groups in total. The van der Waals surface area contributed by atoms with Gasteiger partial charge in [0.1, 0.15) is 5.75 Å². The minimum Gasteiger partial charge on any atom is -0.479 e. The van der Waals surface area contributed by atoms with Crippen molar-refractivity contribution in [1.82, 2.24) is 5.32 Å². The summed E-state index contributed by atoms with van der Waals surface area (Å²) >= 11 is 0. The Morgan fingerprint density at radius 2 is 1.85 bits per heavy atom. The van der Waals surface area contributed by atoms with E-state index in [0.717, 1.165) is 13.0 Å². The third-order valence-corrected chi connectivity index (χ3v) is 3.01. The van der Waals surface area contributed by atoms with Gasteiger partial charge in [-0.25, -0.2) is 4.79 Å². The largest absolute Gasteiger partial charge is 0.479 e.